The van der Waals surface area contributed by atoms with Gasteiger partial charge in [-0.15, -0.1) is 0 Å². The number of hydrogen-bond donors (Lipinski definition) is 1. The lowest BCUT2D eigenvalue weighted by Crippen LogP contribution is -2.54. The van der Waals surface area contributed by atoms with Gasteiger partial charge in [0.15, 0.2) is 0 Å². The predicted molar refractivity (Wildman–Crippen MR) is 90.9 cm³/mol. The molecule has 1 heterocycles. The summed E-state index contributed by atoms with van der Waals surface area (Å²) in [6.45, 7) is 4.37. The van der Waals surface area contributed by atoms with Crippen molar-refractivity contribution in [3.63, 3.8) is 0 Å². The summed E-state index contributed by atoms with van der Waals surface area (Å²) in [6, 6.07) is 5.97. The Balaban J connectivity index is 1.74. The van der Waals surface area contributed by atoms with Gasteiger partial charge in [-0.25, -0.2) is 9.18 Å². The van der Waals surface area contributed by atoms with Crippen molar-refractivity contribution in [1.29, 1.82) is 0 Å². The van der Waals surface area contributed by atoms with Crippen molar-refractivity contribution < 1.29 is 14.0 Å². The van der Waals surface area contributed by atoms with Crippen LogP contribution in [0, 0.1) is 5.82 Å². The lowest BCUT2D eigenvalue weighted by atomic mass is 10.2. The summed E-state index contributed by atoms with van der Waals surface area (Å²) in [4.78, 5) is 27.6. The number of carbonyl (C=O) groups excluding carboxylic acids is 2. The van der Waals surface area contributed by atoms with Crippen LogP contribution in [0.4, 0.5) is 9.18 Å². The number of halogens is 1. The molecule has 3 amide bonds. The third-order valence-corrected chi connectivity index (χ3v) is 4.20. The zero-order valence-corrected chi connectivity index (χ0v) is 14.3. The molecule has 132 valence electrons. The first-order valence-electron chi connectivity index (χ1n) is 8.65. The van der Waals surface area contributed by atoms with Gasteiger partial charge in [0.05, 0.1) is 0 Å². The molecule has 1 aromatic carbocycles. The number of hydrogen-bond acceptors (Lipinski definition) is 2. The molecular weight excluding hydrogens is 309 g/mol. The highest BCUT2D eigenvalue weighted by Gasteiger charge is 2.26. The van der Waals surface area contributed by atoms with Crippen molar-refractivity contribution in [1.82, 2.24) is 15.1 Å². The van der Waals surface area contributed by atoms with E-state index in [2.05, 4.69) is 12.2 Å². The molecule has 0 bridgehead atoms. The highest BCUT2D eigenvalue weighted by atomic mass is 19.1. The second-order valence-electron chi connectivity index (χ2n) is 6.16. The molecule has 0 saturated carbocycles. The second kappa shape index (κ2) is 9.25. The van der Waals surface area contributed by atoms with E-state index >= 15 is 0 Å². The second-order valence-corrected chi connectivity index (χ2v) is 6.16. The molecule has 0 atom stereocenters. The molecule has 6 heteroatoms. The Morgan fingerprint density at radius 1 is 1.17 bits per heavy atom. The van der Waals surface area contributed by atoms with Gasteiger partial charge in [0.25, 0.3) is 0 Å². The molecule has 0 radical (unpaired) electrons. The highest BCUT2D eigenvalue weighted by molar-refractivity contribution is 5.85. The fraction of sp³-hybridized carbons (Fsp3) is 0.556. The fourth-order valence-corrected chi connectivity index (χ4v) is 2.72. The molecule has 0 unspecified atom stereocenters. The number of nitrogens with zero attached hydrogens (tertiary/aromatic N) is 2. The molecule has 1 saturated heterocycles. The van der Waals surface area contributed by atoms with Crippen LogP contribution in [-0.4, -0.2) is 47.9 Å². The van der Waals surface area contributed by atoms with Gasteiger partial charge in [0, 0.05) is 26.2 Å². The summed E-state index contributed by atoms with van der Waals surface area (Å²) in [5, 5.41) is 2.88. The zero-order valence-electron chi connectivity index (χ0n) is 14.3. The van der Waals surface area contributed by atoms with Gasteiger partial charge in [0.2, 0.25) is 5.91 Å². The maximum atomic E-state index is 12.9. The number of benzene rings is 1. The van der Waals surface area contributed by atoms with E-state index in [4.69, 9.17) is 0 Å². The monoisotopic (exact) mass is 335 g/mol. The van der Waals surface area contributed by atoms with Gasteiger partial charge in [-0.05, 0) is 24.1 Å². The topological polar surface area (TPSA) is 52.7 Å². The highest BCUT2D eigenvalue weighted by Crippen LogP contribution is 2.11. The number of nitrogens with one attached hydrogen (secondary N) is 1. The Kier molecular flexibility index (Phi) is 7.03. The standard InChI is InChI=1S/C18H26FN3O2/c1-2-3-4-5-10-20-18(24)22-12-11-21(17(23)14-22)13-15-6-8-16(19)9-7-15/h6-9H,2-5,10-14H2,1H3,(H,20,24). The Bertz CT molecular complexity index is 548. The van der Waals surface area contributed by atoms with E-state index in [1.807, 2.05) is 0 Å². The first-order chi connectivity index (χ1) is 11.6. The molecule has 1 N–H and O–H groups in total. The smallest absolute Gasteiger partial charge is 0.317 e. The minimum absolute atomic E-state index is 0.0771. The van der Waals surface area contributed by atoms with Crippen LogP contribution in [0.2, 0.25) is 0 Å². The van der Waals surface area contributed by atoms with Gasteiger partial charge in [-0.3, -0.25) is 4.79 Å². The van der Waals surface area contributed by atoms with Crippen LogP contribution in [0.5, 0.6) is 0 Å². The normalized spacial score (nSPS) is 14.8. The van der Waals surface area contributed by atoms with Crippen LogP contribution < -0.4 is 5.32 Å². The van der Waals surface area contributed by atoms with Crippen molar-refractivity contribution in [2.24, 2.45) is 0 Å². The Hall–Kier alpha value is -2.11. The minimum atomic E-state index is -0.287. The van der Waals surface area contributed by atoms with Crippen LogP contribution in [-0.2, 0) is 11.3 Å². The number of amides is 3. The SMILES string of the molecule is CCCCCCNC(=O)N1CCN(Cc2ccc(F)cc2)C(=O)C1. The Labute approximate surface area is 142 Å². The zero-order chi connectivity index (χ0) is 17.4. The third-order valence-electron chi connectivity index (χ3n) is 4.20. The lowest BCUT2D eigenvalue weighted by molar-refractivity contribution is -0.135. The maximum Gasteiger partial charge on any atom is 0.317 e. The summed E-state index contributed by atoms with van der Waals surface area (Å²) >= 11 is 0. The molecule has 0 aromatic heterocycles. The molecular formula is C18H26FN3O2. The van der Waals surface area contributed by atoms with Crippen molar-refractivity contribution in [2.75, 3.05) is 26.2 Å². The lowest BCUT2D eigenvalue weighted by Gasteiger charge is -2.34. The molecule has 1 aromatic rings. The van der Waals surface area contributed by atoms with E-state index in [1.165, 1.54) is 25.0 Å². The number of urea groups is 1. The minimum Gasteiger partial charge on any atom is -0.338 e. The average molecular weight is 335 g/mol. The van der Waals surface area contributed by atoms with Crippen molar-refractivity contribution in [3.8, 4) is 0 Å². The largest absolute Gasteiger partial charge is 0.338 e. The van der Waals surface area contributed by atoms with Gasteiger partial charge in [0.1, 0.15) is 12.4 Å². The summed E-state index contributed by atoms with van der Waals surface area (Å²) in [7, 11) is 0. The molecule has 0 aliphatic carbocycles. The summed E-state index contributed by atoms with van der Waals surface area (Å²) in [5.74, 6) is -0.364. The molecule has 24 heavy (non-hydrogen) atoms. The predicted octanol–water partition coefficient (Wildman–Crippen LogP) is 2.76. The quantitative estimate of drug-likeness (QED) is 0.779. The third kappa shape index (κ3) is 5.51. The molecule has 1 aliphatic heterocycles. The Morgan fingerprint density at radius 3 is 2.58 bits per heavy atom. The van der Waals surface area contributed by atoms with Crippen molar-refractivity contribution >= 4 is 11.9 Å². The van der Waals surface area contributed by atoms with E-state index in [-0.39, 0.29) is 24.3 Å². The van der Waals surface area contributed by atoms with E-state index in [9.17, 15) is 14.0 Å². The van der Waals surface area contributed by atoms with Crippen molar-refractivity contribution in [2.45, 2.75) is 39.2 Å². The molecule has 0 spiro atoms. The van der Waals surface area contributed by atoms with E-state index < -0.39 is 0 Å². The van der Waals surface area contributed by atoms with E-state index in [0.717, 1.165) is 18.4 Å². The van der Waals surface area contributed by atoms with E-state index in [1.54, 1.807) is 21.9 Å². The number of carbonyl (C=O) groups is 2. The van der Waals surface area contributed by atoms with E-state index in [0.29, 0.717) is 26.2 Å². The summed E-state index contributed by atoms with van der Waals surface area (Å²) in [6.07, 6.45) is 4.42. The van der Waals surface area contributed by atoms with Crippen molar-refractivity contribution in [3.05, 3.63) is 35.6 Å². The van der Waals surface area contributed by atoms with Crippen LogP contribution in [0.3, 0.4) is 0 Å². The van der Waals surface area contributed by atoms with Crippen LogP contribution in [0.15, 0.2) is 24.3 Å². The molecule has 1 aliphatic rings. The molecule has 5 nitrogen and oxygen atoms in total. The van der Waals surface area contributed by atoms with Gasteiger partial charge < -0.3 is 15.1 Å². The fourth-order valence-electron chi connectivity index (χ4n) is 2.72. The average Bonchev–Trinajstić information content (AvgIpc) is 2.58. The summed E-state index contributed by atoms with van der Waals surface area (Å²) in [5.41, 5.74) is 0.888. The Morgan fingerprint density at radius 2 is 1.92 bits per heavy atom. The first-order valence-corrected chi connectivity index (χ1v) is 8.65. The van der Waals surface area contributed by atoms with Crippen LogP contribution in [0.25, 0.3) is 0 Å². The number of piperazine rings is 1. The van der Waals surface area contributed by atoms with Gasteiger partial charge in [-0.1, -0.05) is 38.3 Å². The molecule has 2 rings (SSSR count). The summed E-state index contributed by atoms with van der Waals surface area (Å²) < 4.78 is 12.9. The number of unbranched alkanes of at least 4 members (excludes halogenated alkanes) is 3. The van der Waals surface area contributed by atoms with Crippen LogP contribution in [0.1, 0.15) is 38.2 Å². The maximum absolute atomic E-state index is 12.9. The molecule has 1 fully saturated rings. The van der Waals surface area contributed by atoms with Gasteiger partial charge in [-0.2, -0.15) is 0 Å². The first kappa shape index (κ1) is 18.2. The van der Waals surface area contributed by atoms with Crippen LogP contribution >= 0.6 is 0 Å². The number of rotatable bonds is 7. The van der Waals surface area contributed by atoms with Gasteiger partial charge >= 0.3 is 6.03 Å².